The number of aliphatic carboxylic acids is 3. The molecule has 0 aliphatic heterocycles. The highest BCUT2D eigenvalue weighted by atomic mass is 79.9. The van der Waals surface area contributed by atoms with Gasteiger partial charge < -0.3 is 30.2 Å². The zero-order valence-corrected chi connectivity index (χ0v) is 26.5. The Bertz CT molecular complexity index is 1660. The summed E-state index contributed by atoms with van der Waals surface area (Å²) in [6.45, 7) is -1.24. The van der Waals surface area contributed by atoms with Crippen LogP contribution in [-0.4, -0.2) is 71.1 Å². The number of aliphatic hydroxyl groups is 1. The molecule has 0 aromatic heterocycles. The van der Waals surface area contributed by atoms with E-state index < -0.39 is 36.4 Å². The summed E-state index contributed by atoms with van der Waals surface area (Å²) in [4.78, 5) is 37.4. The van der Waals surface area contributed by atoms with Crippen molar-refractivity contribution in [2.45, 2.75) is 5.41 Å². The summed E-state index contributed by atoms with van der Waals surface area (Å²) in [7, 11) is 0. The lowest BCUT2D eigenvalue weighted by molar-refractivity contribution is -0.137. The zero-order valence-electron chi connectivity index (χ0n) is 23.3. The Labute approximate surface area is 270 Å². The summed E-state index contributed by atoms with van der Waals surface area (Å²) in [6, 6.07) is 27.1. The summed E-state index contributed by atoms with van der Waals surface area (Å²) in [5.41, 5.74) is 6.12. The summed E-state index contributed by atoms with van der Waals surface area (Å²) in [5.74, 6) is -3.29. The van der Waals surface area contributed by atoms with E-state index in [9.17, 15) is 34.8 Å². The highest BCUT2D eigenvalue weighted by Gasteiger charge is 2.46. The second kappa shape index (κ2) is 12.8. The molecule has 11 heteroatoms. The molecule has 1 aliphatic rings. The van der Waals surface area contributed by atoms with Crippen molar-refractivity contribution in [3.8, 4) is 11.1 Å². The van der Waals surface area contributed by atoms with Crippen molar-refractivity contribution in [3.63, 3.8) is 0 Å². The van der Waals surface area contributed by atoms with Crippen LogP contribution in [0.3, 0.4) is 0 Å². The predicted molar refractivity (Wildman–Crippen MR) is 174 cm³/mol. The molecule has 1 aliphatic carbocycles. The van der Waals surface area contributed by atoms with Crippen molar-refractivity contribution < 1.29 is 34.8 Å². The Kier molecular flexibility index (Phi) is 9.10. The number of benzene rings is 4. The van der Waals surface area contributed by atoms with E-state index in [1.165, 1.54) is 4.90 Å². The van der Waals surface area contributed by atoms with Gasteiger partial charge in [-0.05, 0) is 81.9 Å². The smallest absolute Gasteiger partial charge is 0.323 e. The number of fused-ring (bicyclic) bond motifs is 3. The fraction of sp³-hybridized carbons (Fsp3) is 0.182. The fourth-order valence-electron chi connectivity index (χ4n) is 6.05. The van der Waals surface area contributed by atoms with Crippen LogP contribution in [0, 0.1) is 0 Å². The van der Waals surface area contributed by atoms with E-state index in [1.807, 2.05) is 48.5 Å². The second-order valence-electron chi connectivity index (χ2n) is 10.4. The molecule has 0 bridgehead atoms. The third-order valence-electron chi connectivity index (χ3n) is 7.74. The number of aliphatic hydroxyl groups excluding tert-OH is 1. The normalized spacial score (nSPS) is 12.7. The van der Waals surface area contributed by atoms with Gasteiger partial charge in [-0.1, -0.05) is 68.3 Å². The van der Waals surface area contributed by atoms with Crippen LogP contribution < -0.4 is 9.80 Å². The van der Waals surface area contributed by atoms with Crippen LogP contribution >= 0.6 is 31.9 Å². The topological polar surface area (TPSA) is 139 Å². The molecule has 0 radical (unpaired) electrons. The third kappa shape index (κ3) is 5.95. The Morgan fingerprint density at radius 2 is 0.977 bits per heavy atom. The van der Waals surface area contributed by atoms with Gasteiger partial charge >= 0.3 is 17.9 Å². The number of carboxylic acid groups (broad SMARTS) is 3. The Hall–Kier alpha value is -4.19. The second-order valence-corrected chi connectivity index (χ2v) is 12.2. The first-order chi connectivity index (χ1) is 21.0. The average Bonchev–Trinajstić information content (AvgIpc) is 3.25. The van der Waals surface area contributed by atoms with Crippen molar-refractivity contribution in [1.82, 2.24) is 0 Å². The number of nitrogens with zero attached hydrogens (tertiary/aromatic N) is 2. The molecule has 4 aromatic rings. The molecular weight excluding hydrogens is 696 g/mol. The monoisotopic (exact) mass is 722 g/mol. The molecular formula is C33H28Br2N2O7. The van der Waals surface area contributed by atoms with E-state index in [-0.39, 0.29) is 19.7 Å². The fourth-order valence-corrected chi connectivity index (χ4v) is 6.77. The lowest BCUT2D eigenvalue weighted by Crippen LogP contribution is -2.34. The number of rotatable bonds is 12. The van der Waals surface area contributed by atoms with Crippen molar-refractivity contribution in [2.24, 2.45) is 0 Å². The molecule has 4 aromatic carbocycles. The van der Waals surface area contributed by atoms with E-state index in [2.05, 4.69) is 56.1 Å². The molecule has 9 nitrogen and oxygen atoms in total. The summed E-state index contributed by atoms with van der Waals surface area (Å²) in [5, 5.41) is 37.8. The van der Waals surface area contributed by atoms with Gasteiger partial charge in [-0.15, -0.1) is 0 Å². The standard InChI is InChI=1S/C33H28Br2N2O7/c34-22-5-11-26-27-12-6-23(35)16-29(27)33(28(26)15-22,20-1-7-24(8-2-20)36(13-14-38)17-30(39)40)21-3-9-25(10-4-21)37(18-31(41)42)19-32(43)44/h1-12,15-16,38H,13-14,17-19H2,(H,39,40)(H,41,42)(H,43,44). The first-order valence-electron chi connectivity index (χ1n) is 13.6. The molecule has 0 amide bonds. The number of carbonyl (C=O) groups is 3. The van der Waals surface area contributed by atoms with Gasteiger partial charge in [0, 0.05) is 26.9 Å². The molecule has 0 saturated carbocycles. The van der Waals surface area contributed by atoms with Gasteiger partial charge in [-0.25, -0.2) is 0 Å². The molecule has 0 spiro atoms. The van der Waals surface area contributed by atoms with Gasteiger partial charge in [0.15, 0.2) is 0 Å². The van der Waals surface area contributed by atoms with Crippen LogP contribution in [0.15, 0.2) is 93.9 Å². The molecule has 44 heavy (non-hydrogen) atoms. The number of halogens is 2. The van der Waals surface area contributed by atoms with Gasteiger partial charge in [0.05, 0.1) is 12.0 Å². The predicted octanol–water partition coefficient (Wildman–Crippen LogP) is 5.43. The quantitative estimate of drug-likeness (QED) is 0.133. The molecule has 0 fully saturated rings. The van der Waals surface area contributed by atoms with E-state index in [0.29, 0.717) is 11.4 Å². The van der Waals surface area contributed by atoms with E-state index in [4.69, 9.17) is 0 Å². The van der Waals surface area contributed by atoms with E-state index in [1.54, 1.807) is 17.0 Å². The van der Waals surface area contributed by atoms with Crippen LogP contribution in [-0.2, 0) is 19.8 Å². The van der Waals surface area contributed by atoms with E-state index in [0.717, 1.165) is 42.3 Å². The van der Waals surface area contributed by atoms with Gasteiger partial charge in [-0.3, -0.25) is 14.4 Å². The first kappa shape index (κ1) is 31.2. The zero-order chi connectivity index (χ0) is 31.6. The molecule has 0 unspecified atom stereocenters. The van der Waals surface area contributed by atoms with Gasteiger partial charge in [-0.2, -0.15) is 0 Å². The molecule has 5 rings (SSSR count). The molecule has 0 atom stereocenters. The van der Waals surface area contributed by atoms with E-state index >= 15 is 0 Å². The van der Waals surface area contributed by atoms with Gasteiger partial charge in [0.1, 0.15) is 19.6 Å². The average molecular weight is 724 g/mol. The van der Waals surface area contributed by atoms with Crippen LogP contribution in [0.5, 0.6) is 0 Å². The maximum atomic E-state index is 11.5. The van der Waals surface area contributed by atoms with Crippen LogP contribution in [0.4, 0.5) is 11.4 Å². The molecule has 0 heterocycles. The Morgan fingerprint density at radius 3 is 1.36 bits per heavy atom. The first-order valence-corrected chi connectivity index (χ1v) is 15.2. The maximum absolute atomic E-state index is 11.5. The number of hydrogen-bond acceptors (Lipinski definition) is 6. The summed E-state index contributed by atoms with van der Waals surface area (Å²) in [6.07, 6.45) is 0. The molecule has 4 N–H and O–H groups in total. The molecule has 226 valence electrons. The number of carboxylic acids is 3. The summed E-state index contributed by atoms with van der Waals surface area (Å²) < 4.78 is 1.76. The number of anilines is 2. The highest BCUT2D eigenvalue weighted by Crippen LogP contribution is 2.57. The Morgan fingerprint density at radius 1 is 0.591 bits per heavy atom. The SMILES string of the molecule is O=C(O)CN(CCO)c1ccc(C2(c3ccc(N(CC(=O)O)CC(=O)O)cc3)c3cc(Br)ccc3-c3ccc(Br)cc32)cc1. The maximum Gasteiger partial charge on any atom is 0.323 e. The van der Waals surface area contributed by atoms with Crippen LogP contribution in [0.2, 0.25) is 0 Å². The number of hydrogen-bond donors (Lipinski definition) is 4. The Balaban J connectivity index is 1.74. The van der Waals surface area contributed by atoms with Crippen molar-refractivity contribution in [3.05, 3.63) is 116 Å². The van der Waals surface area contributed by atoms with Crippen molar-refractivity contribution in [2.75, 3.05) is 42.6 Å². The van der Waals surface area contributed by atoms with Crippen LogP contribution in [0.25, 0.3) is 11.1 Å². The lowest BCUT2D eigenvalue weighted by atomic mass is 9.67. The largest absolute Gasteiger partial charge is 0.480 e. The van der Waals surface area contributed by atoms with Gasteiger partial charge in [0.25, 0.3) is 0 Å². The minimum Gasteiger partial charge on any atom is -0.480 e. The highest BCUT2D eigenvalue weighted by molar-refractivity contribution is 9.10. The summed E-state index contributed by atoms with van der Waals surface area (Å²) >= 11 is 7.31. The minimum absolute atomic E-state index is 0.160. The van der Waals surface area contributed by atoms with Gasteiger partial charge in [0.2, 0.25) is 0 Å². The minimum atomic E-state index is -1.14. The van der Waals surface area contributed by atoms with Crippen LogP contribution in [0.1, 0.15) is 22.3 Å². The lowest BCUT2D eigenvalue weighted by Gasteiger charge is -2.35. The van der Waals surface area contributed by atoms with Crippen molar-refractivity contribution >= 4 is 61.1 Å². The third-order valence-corrected chi connectivity index (χ3v) is 8.73. The van der Waals surface area contributed by atoms with Crippen molar-refractivity contribution in [1.29, 1.82) is 0 Å². The molecule has 0 saturated heterocycles.